The van der Waals surface area contributed by atoms with Crippen molar-refractivity contribution in [3.05, 3.63) is 63.1 Å². The normalized spacial score (nSPS) is 11.8. The molecular weight excluding hydrogens is 468 g/mol. The molecule has 32 heavy (non-hydrogen) atoms. The first-order valence-corrected chi connectivity index (χ1v) is 9.17. The summed E-state index contributed by atoms with van der Waals surface area (Å²) < 4.78 is 81.8. The number of amides is 1. The van der Waals surface area contributed by atoms with Gasteiger partial charge in [0.1, 0.15) is 0 Å². The Bertz CT molecular complexity index is 1250. The summed E-state index contributed by atoms with van der Waals surface area (Å²) in [4.78, 5) is 35.9. The smallest absolute Gasteiger partial charge is 0.402 e. The van der Waals surface area contributed by atoms with Crippen LogP contribution in [0.5, 0.6) is 11.5 Å². The molecule has 0 spiro atoms. The molecule has 13 heteroatoms. The molecule has 2 aromatic carbocycles. The van der Waals surface area contributed by atoms with Crippen LogP contribution in [-0.4, -0.2) is 24.9 Å². The first-order chi connectivity index (χ1) is 14.9. The Morgan fingerprint density at radius 1 is 0.938 bits per heavy atom. The van der Waals surface area contributed by atoms with Gasteiger partial charge in [-0.05, 0) is 29.7 Å². The van der Waals surface area contributed by atoms with Crippen molar-refractivity contribution >= 4 is 39.3 Å². The van der Waals surface area contributed by atoms with E-state index in [1.165, 1.54) is 24.3 Å². The van der Waals surface area contributed by atoms with Crippen LogP contribution in [0.15, 0.2) is 47.3 Å². The molecule has 0 bridgehead atoms. The van der Waals surface area contributed by atoms with Crippen molar-refractivity contribution in [1.29, 1.82) is 0 Å². The number of anilines is 1. The summed E-state index contributed by atoms with van der Waals surface area (Å²) in [5.41, 5.74) is -0.328. The van der Waals surface area contributed by atoms with Gasteiger partial charge in [-0.2, -0.15) is 0 Å². The highest BCUT2D eigenvalue weighted by atomic mass is 32.1. The fourth-order valence-corrected chi connectivity index (χ4v) is 3.46. The third-order valence-electron chi connectivity index (χ3n) is 3.83. The van der Waals surface area contributed by atoms with Crippen LogP contribution >= 0.6 is 11.3 Å². The minimum Gasteiger partial charge on any atom is -0.402 e. The largest absolute Gasteiger partial charge is 0.573 e. The number of carbonyl (C=O) groups is 2. The molecule has 0 radical (unpaired) electrons. The van der Waals surface area contributed by atoms with Gasteiger partial charge in [-0.15, -0.1) is 26.3 Å². The van der Waals surface area contributed by atoms with Crippen molar-refractivity contribution in [2.24, 2.45) is 0 Å². The minimum absolute atomic E-state index is 0.0759. The predicted molar refractivity (Wildman–Crippen MR) is 101 cm³/mol. The predicted octanol–water partition coefficient (Wildman–Crippen LogP) is 5.12. The molecule has 0 aliphatic carbocycles. The van der Waals surface area contributed by atoms with Crippen LogP contribution in [0, 0.1) is 0 Å². The SMILES string of the molecule is O=Cc1ccccc1NC(=O)c1cc2cc(OC(F)(F)F)c(OC(F)(F)F)cc2sc1=O. The molecule has 1 amide bonds. The van der Waals surface area contributed by atoms with E-state index in [1.807, 2.05) is 0 Å². The van der Waals surface area contributed by atoms with Crippen LogP contribution in [0.4, 0.5) is 32.0 Å². The Hall–Kier alpha value is -3.61. The molecule has 168 valence electrons. The van der Waals surface area contributed by atoms with Crippen LogP contribution in [-0.2, 0) is 0 Å². The average molecular weight is 477 g/mol. The van der Waals surface area contributed by atoms with Crippen LogP contribution in [0.25, 0.3) is 10.1 Å². The van der Waals surface area contributed by atoms with Gasteiger partial charge >= 0.3 is 12.7 Å². The van der Waals surface area contributed by atoms with Crippen LogP contribution < -0.4 is 19.5 Å². The molecule has 0 aliphatic heterocycles. The molecule has 1 heterocycles. The summed E-state index contributed by atoms with van der Waals surface area (Å²) in [5.74, 6) is -3.60. The number of aldehydes is 1. The lowest BCUT2D eigenvalue weighted by Crippen LogP contribution is -2.22. The number of fused-ring (bicyclic) bond motifs is 1. The molecule has 0 fully saturated rings. The van der Waals surface area contributed by atoms with Gasteiger partial charge in [-0.1, -0.05) is 23.5 Å². The third-order valence-corrected chi connectivity index (χ3v) is 4.81. The Balaban J connectivity index is 2.07. The molecule has 0 unspecified atom stereocenters. The van der Waals surface area contributed by atoms with E-state index in [2.05, 4.69) is 14.8 Å². The molecule has 3 rings (SSSR count). The van der Waals surface area contributed by atoms with Gasteiger partial charge < -0.3 is 14.8 Å². The Morgan fingerprint density at radius 3 is 2.12 bits per heavy atom. The number of hydrogen-bond donors (Lipinski definition) is 1. The van der Waals surface area contributed by atoms with Crippen molar-refractivity contribution in [2.75, 3.05) is 5.32 Å². The second-order valence-corrected chi connectivity index (χ2v) is 7.05. The fraction of sp³-hybridized carbons (Fsp3) is 0.105. The zero-order chi connectivity index (χ0) is 23.7. The fourth-order valence-electron chi connectivity index (χ4n) is 2.60. The number of halogens is 6. The summed E-state index contributed by atoms with van der Waals surface area (Å²) in [5, 5.41) is 2.15. The number of para-hydroxylation sites is 1. The number of nitrogens with one attached hydrogen (secondary N) is 1. The molecular formula is C19H9F6NO5S. The van der Waals surface area contributed by atoms with E-state index < -0.39 is 40.4 Å². The maximum absolute atomic E-state index is 12.6. The Morgan fingerprint density at radius 2 is 1.53 bits per heavy atom. The standard InChI is InChI=1S/C19H9F6NO5S/c20-18(21,22)30-13-6-10-5-11(16(28)26-12-4-2-1-3-9(12)8-27)17(29)32-15(10)7-14(13)31-19(23,24)25/h1-8H,(H,26,28). The lowest BCUT2D eigenvalue weighted by molar-refractivity contribution is -0.287. The van der Waals surface area contributed by atoms with E-state index in [1.54, 1.807) is 0 Å². The van der Waals surface area contributed by atoms with Gasteiger partial charge in [0.05, 0.1) is 11.3 Å². The topological polar surface area (TPSA) is 81.7 Å². The maximum Gasteiger partial charge on any atom is 0.573 e. The molecule has 0 saturated carbocycles. The second-order valence-electron chi connectivity index (χ2n) is 6.04. The van der Waals surface area contributed by atoms with Gasteiger partial charge in [0, 0.05) is 16.3 Å². The number of carbonyl (C=O) groups excluding carboxylic acids is 2. The molecule has 3 aromatic rings. The van der Waals surface area contributed by atoms with Crippen molar-refractivity contribution < 1.29 is 45.4 Å². The highest BCUT2D eigenvalue weighted by Gasteiger charge is 2.37. The highest BCUT2D eigenvalue weighted by Crippen LogP contribution is 2.39. The Kier molecular flexibility index (Phi) is 6.12. The summed E-state index contributed by atoms with van der Waals surface area (Å²) in [7, 11) is 0. The second kappa shape index (κ2) is 8.49. The van der Waals surface area contributed by atoms with Gasteiger partial charge in [-0.3, -0.25) is 14.4 Å². The first kappa shape index (κ1) is 23.1. The number of alkyl halides is 6. The zero-order valence-electron chi connectivity index (χ0n) is 15.3. The number of rotatable bonds is 5. The van der Waals surface area contributed by atoms with E-state index >= 15 is 0 Å². The molecule has 0 atom stereocenters. The van der Waals surface area contributed by atoms with Gasteiger partial charge in [0.25, 0.3) is 5.91 Å². The van der Waals surface area contributed by atoms with Gasteiger partial charge in [0.15, 0.2) is 17.8 Å². The summed E-state index contributed by atoms with van der Waals surface area (Å²) in [6.45, 7) is 0. The third kappa shape index (κ3) is 5.55. The van der Waals surface area contributed by atoms with E-state index in [4.69, 9.17) is 0 Å². The van der Waals surface area contributed by atoms with Crippen LogP contribution in [0.3, 0.4) is 0 Å². The van der Waals surface area contributed by atoms with E-state index in [9.17, 15) is 40.7 Å². The van der Waals surface area contributed by atoms with Crippen molar-refractivity contribution in [2.45, 2.75) is 12.7 Å². The van der Waals surface area contributed by atoms with Crippen molar-refractivity contribution in [3.8, 4) is 11.5 Å². The number of benzene rings is 2. The van der Waals surface area contributed by atoms with Gasteiger partial charge in [0.2, 0.25) is 4.74 Å². The number of ether oxygens (including phenoxy) is 2. The lowest BCUT2D eigenvalue weighted by atomic mass is 10.1. The monoisotopic (exact) mass is 477 g/mol. The number of hydrogen-bond acceptors (Lipinski definition) is 6. The molecule has 0 saturated heterocycles. The highest BCUT2D eigenvalue weighted by molar-refractivity contribution is 7.16. The van der Waals surface area contributed by atoms with Gasteiger partial charge in [-0.25, -0.2) is 0 Å². The van der Waals surface area contributed by atoms with Crippen molar-refractivity contribution in [3.63, 3.8) is 0 Å². The van der Waals surface area contributed by atoms with E-state index in [-0.39, 0.29) is 21.3 Å². The Labute approximate surface area is 178 Å². The zero-order valence-corrected chi connectivity index (χ0v) is 16.2. The van der Waals surface area contributed by atoms with E-state index in [0.29, 0.717) is 29.8 Å². The van der Waals surface area contributed by atoms with Crippen molar-refractivity contribution in [1.82, 2.24) is 0 Å². The summed E-state index contributed by atoms with van der Waals surface area (Å²) in [6.07, 6.45) is -10.2. The van der Waals surface area contributed by atoms with Crippen LogP contribution in [0.2, 0.25) is 0 Å². The summed E-state index contributed by atoms with van der Waals surface area (Å²) >= 11 is 0.314. The van der Waals surface area contributed by atoms with Crippen LogP contribution in [0.1, 0.15) is 20.7 Å². The molecule has 1 aromatic heterocycles. The minimum atomic E-state index is -5.34. The maximum atomic E-state index is 12.6. The summed E-state index contributed by atoms with van der Waals surface area (Å²) in [6, 6.07) is 7.83. The molecule has 1 N–H and O–H groups in total. The van der Waals surface area contributed by atoms with E-state index in [0.717, 1.165) is 6.07 Å². The average Bonchev–Trinajstić information content (AvgIpc) is 2.66. The molecule has 0 aliphatic rings. The molecule has 6 nitrogen and oxygen atoms in total. The first-order valence-electron chi connectivity index (χ1n) is 8.35. The lowest BCUT2D eigenvalue weighted by Gasteiger charge is -2.16. The quantitative estimate of drug-likeness (QED) is 0.408.